The van der Waals surface area contributed by atoms with E-state index in [1.54, 1.807) is 0 Å². The van der Waals surface area contributed by atoms with Gasteiger partial charge in [0.25, 0.3) is 0 Å². The zero-order chi connectivity index (χ0) is 13.7. The first-order chi connectivity index (χ1) is 9.24. The summed E-state index contributed by atoms with van der Waals surface area (Å²) in [5.74, 6) is 0.634. The van der Waals surface area contributed by atoms with Gasteiger partial charge in [0.2, 0.25) is 0 Å². The van der Waals surface area contributed by atoms with E-state index in [2.05, 4.69) is 0 Å². The minimum absolute atomic E-state index is 0.00827. The summed E-state index contributed by atoms with van der Waals surface area (Å²) in [6, 6.07) is 5.79. The molecule has 0 aromatic heterocycles. The van der Waals surface area contributed by atoms with Gasteiger partial charge in [0.15, 0.2) is 0 Å². The van der Waals surface area contributed by atoms with Gasteiger partial charge in [0.05, 0.1) is 6.61 Å². The number of esters is 1. The Morgan fingerprint density at radius 1 is 1.47 bits per heavy atom. The molecule has 0 saturated heterocycles. The minimum Gasteiger partial charge on any atom is -0.491 e. The Bertz CT molecular complexity index is 442. The monoisotopic (exact) mass is 264 g/mol. The van der Waals surface area contributed by atoms with Crippen molar-refractivity contribution < 1.29 is 19.4 Å². The van der Waals surface area contributed by atoms with Gasteiger partial charge in [-0.2, -0.15) is 0 Å². The first-order valence-corrected chi connectivity index (χ1v) is 6.80. The van der Waals surface area contributed by atoms with Crippen LogP contribution in [-0.4, -0.2) is 24.3 Å². The van der Waals surface area contributed by atoms with E-state index in [0.29, 0.717) is 13.0 Å². The lowest BCUT2D eigenvalue weighted by Crippen LogP contribution is -2.08. The van der Waals surface area contributed by atoms with Gasteiger partial charge in [-0.25, -0.2) is 0 Å². The average molecular weight is 264 g/mol. The van der Waals surface area contributed by atoms with Gasteiger partial charge in [-0.05, 0) is 42.5 Å². The van der Waals surface area contributed by atoms with Crippen LogP contribution in [0, 0.1) is 0 Å². The van der Waals surface area contributed by atoms with E-state index in [4.69, 9.17) is 14.6 Å². The Labute approximate surface area is 113 Å². The van der Waals surface area contributed by atoms with Gasteiger partial charge in [0, 0.05) is 6.42 Å². The maximum absolute atomic E-state index is 11.5. The number of carbonyl (C=O) groups is 1. The first-order valence-electron chi connectivity index (χ1n) is 6.80. The van der Waals surface area contributed by atoms with Crippen molar-refractivity contribution >= 4 is 5.97 Å². The molecular formula is C15H20O4. The molecule has 1 aliphatic rings. The van der Waals surface area contributed by atoms with Crippen LogP contribution in [0.4, 0.5) is 0 Å². The number of hydrogen-bond donors (Lipinski definition) is 1. The molecule has 0 aliphatic heterocycles. The van der Waals surface area contributed by atoms with Crippen LogP contribution in [0.3, 0.4) is 0 Å². The largest absolute Gasteiger partial charge is 0.491 e. The van der Waals surface area contributed by atoms with E-state index in [1.807, 2.05) is 25.1 Å². The van der Waals surface area contributed by atoms with Gasteiger partial charge in [-0.15, -0.1) is 0 Å². The fraction of sp³-hybridized carbons (Fsp3) is 0.533. The maximum atomic E-state index is 11.5. The van der Waals surface area contributed by atoms with Gasteiger partial charge in [-0.1, -0.05) is 13.0 Å². The zero-order valence-electron chi connectivity index (χ0n) is 11.2. The van der Waals surface area contributed by atoms with Crippen LogP contribution in [0.25, 0.3) is 0 Å². The van der Waals surface area contributed by atoms with Crippen LogP contribution in [0.1, 0.15) is 43.4 Å². The summed E-state index contributed by atoms with van der Waals surface area (Å²) in [7, 11) is 0. The Hall–Kier alpha value is -1.55. The third kappa shape index (κ3) is 3.47. The first kappa shape index (κ1) is 13.9. The quantitative estimate of drug-likeness (QED) is 0.801. The number of aliphatic hydroxyl groups is 1. The Balaban J connectivity index is 2.02. The van der Waals surface area contributed by atoms with E-state index < -0.39 is 0 Å². The topological polar surface area (TPSA) is 55.8 Å². The molecule has 19 heavy (non-hydrogen) atoms. The summed E-state index contributed by atoms with van der Waals surface area (Å²) >= 11 is 0. The van der Waals surface area contributed by atoms with Crippen molar-refractivity contribution in [2.24, 2.45) is 0 Å². The molecular weight excluding hydrogens is 244 g/mol. The number of carbonyl (C=O) groups excluding carboxylic acids is 1. The lowest BCUT2D eigenvalue weighted by atomic mass is 10.1. The summed E-state index contributed by atoms with van der Waals surface area (Å²) < 4.78 is 10.9. The van der Waals surface area contributed by atoms with E-state index in [9.17, 15) is 4.79 Å². The van der Waals surface area contributed by atoms with Crippen molar-refractivity contribution in [3.63, 3.8) is 0 Å². The minimum atomic E-state index is -0.124. The van der Waals surface area contributed by atoms with Crippen LogP contribution in [-0.2, 0) is 16.0 Å². The number of benzene rings is 1. The molecule has 0 radical (unpaired) electrons. The second-order valence-corrected chi connectivity index (χ2v) is 4.70. The fourth-order valence-electron chi connectivity index (χ4n) is 2.35. The molecule has 1 aliphatic carbocycles. The second-order valence-electron chi connectivity index (χ2n) is 4.70. The van der Waals surface area contributed by atoms with Crippen molar-refractivity contribution in [3.8, 4) is 5.75 Å². The van der Waals surface area contributed by atoms with Gasteiger partial charge < -0.3 is 14.6 Å². The second kappa shape index (κ2) is 6.57. The van der Waals surface area contributed by atoms with Gasteiger partial charge in [0.1, 0.15) is 18.5 Å². The molecule has 0 unspecified atom stereocenters. The molecule has 0 spiro atoms. The number of hydrogen-bond acceptors (Lipinski definition) is 4. The van der Waals surface area contributed by atoms with Crippen LogP contribution in [0.5, 0.6) is 5.75 Å². The molecule has 1 aromatic rings. The van der Waals surface area contributed by atoms with Crippen molar-refractivity contribution in [3.05, 3.63) is 29.3 Å². The molecule has 4 nitrogen and oxygen atoms in total. The van der Waals surface area contributed by atoms with E-state index in [-0.39, 0.29) is 18.7 Å². The van der Waals surface area contributed by atoms with E-state index >= 15 is 0 Å². The Morgan fingerprint density at radius 2 is 2.32 bits per heavy atom. The Kier molecular flexibility index (Phi) is 4.80. The third-order valence-corrected chi connectivity index (χ3v) is 3.23. The highest BCUT2D eigenvalue weighted by Gasteiger charge is 2.25. The molecule has 0 heterocycles. The third-order valence-electron chi connectivity index (χ3n) is 3.23. The summed E-state index contributed by atoms with van der Waals surface area (Å²) in [5.41, 5.74) is 2.26. The summed E-state index contributed by atoms with van der Waals surface area (Å²) in [5, 5.41) is 8.73. The van der Waals surface area contributed by atoms with Gasteiger partial charge >= 0.3 is 5.97 Å². The van der Waals surface area contributed by atoms with Crippen LogP contribution in [0.15, 0.2) is 18.2 Å². The highest BCUT2D eigenvalue weighted by Crippen LogP contribution is 2.36. The van der Waals surface area contributed by atoms with Crippen molar-refractivity contribution in [1.82, 2.24) is 0 Å². The van der Waals surface area contributed by atoms with Crippen LogP contribution < -0.4 is 4.74 Å². The molecule has 0 amide bonds. The van der Waals surface area contributed by atoms with E-state index in [1.165, 1.54) is 5.56 Å². The highest BCUT2D eigenvalue weighted by atomic mass is 16.5. The van der Waals surface area contributed by atoms with Gasteiger partial charge in [-0.3, -0.25) is 4.79 Å². The average Bonchev–Trinajstić information content (AvgIpc) is 2.79. The highest BCUT2D eigenvalue weighted by molar-refractivity contribution is 5.69. The standard InChI is InChI=1S/C15H20O4/c1-2-3-15(17)19-14-7-4-11-10-12(18-9-8-16)5-6-13(11)14/h5-6,10,14,16H,2-4,7-9H2,1H3/t14-/m0/s1. The van der Waals surface area contributed by atoms with Crippen LogP contribution in [0.2, 0.25) is 0 Å². The molecule has 4 heteroatoms. The van der Waals surface area contributed by atoms with E-state index in [0.717, 1.165) is 30.6 Å². The molecule has 0 bridgehead atoms. The summed E-state index contributed by atoms with van der Waals surface area (Å²) in [6.07, 6.45) is 2.92. The molecule has 1 aromatic carbocycles. The molecule has 0 saturated carbocycles. The normalized spacial score (nSPS) is 17.1. The number of aryl methyl sites for hydroxylation is 1. The Morgan fingerprint density at radius 3 is 3.05 bits per heavy atom. The summed E-state index contributed by atoms with van der Waals surface area (Å²) in [4.78, 5) is 11.5. The number of rotatable bonds is 6. The van der Waals surface area contributed by atoms with Crippen molar-refractivity contribution in [1.29, 1.82) is 0 Å². The zero-order valence-corrected chi connectivity index (χ0v) is 11.2. The molecule has 1 N–H and O–H groups in total. The smallest absolute Gasteiger partial charge is 0.306 e. The lowest BCUT2D eigenvalue weighted by Gasteiger charge is -2.13. The maximum Gasteiger partial charge on any atom is 0.306 e. The van der Waals surface area contributed by atoms with Crippen molar-refractivity contribution in [2.45, 2.75) is 38.7 Å². The lowest BCUT2D eigenvalue weighted by molar-refractivity contribution is -0.149. The fourth-order valence-corrected chi connectivity index (χ4v) is 2.35. The number of ether oxygens (including phenoxy) is 2. The molecule has 104 valence electrons. The van der Waals surface area contributed by atoms with Crippen molar-refractivity contribution in [2.75, 3.05) is 13.2 Å². The number of aliphatic hydroxyl groups excluding tert-OH is 1. The molecule has 0 fully saturated rings. The predicted molar refractivity (Wildman–Crippen MR) is 71.1 cm³/mol. The SMILES string of the molecule is CCCC(=O)O[C@H]1CCc2cc(OCCO)ccc21. The molecule has 1 atom stereocenters. The predicted octanol–water partition coefficient (Wildman–Crippen LogP) is 2.39. The summed E-state index contributed by atoms with van der Waals surface area (Å²) in [6.45, 7) is 2.27. The molecule has 2 rings (SSSR count). The van der Waals surface area contributed by atoms with Crippen LogP contribution >= 0.6 is 0 Å². The number of fused-ring (bicyclic) bond motifs is 1.